The van der Waals surface area contributed by atoms with Crippen LogP contribution in [0.3, 0.4) is 0 Å². The molecular weight excluding hydrogens is 590 g/mol. The van der Waals surface area contributed by atoms with Crippen molar-refractivity contribution in [1.82, 2.24) is 0 Å². The van der Waals surface area contributed by atoms with Crippen LogP contribution in [0.5, 0.6) is 23.0 Å². The lowest BCUT2D eigenvalue weighted by molar-refractivity contribution is -0.137. The van der Waals surface area contributed by atoms with Crippen LogP contribution in [0, 0.1) is 0 Å². The predicted molar refractivity (Wildman–Crippen MR) is 136 cm³/mol. The maximum absolute atomic E-state index is 14.0. The molecule has 4 aromatic rings. The normalized spacial score (nSPS) is 12.1. The van der Waals surface area contributed by atoms with E-state index in [1.165, 1.54) is 51.9 Å². The van der Waals surface area contributed by atoms with Crippen LogP contribution in [-0.2, 0) is 16.3 Å². The fourth-order valence-corrected chi connectivity index (χ4v) is 5.00. The Labute approximate surface area is 228 Å². The van der Waals surface area contributed by atoms with Gasteiger partial charge in [0, 0.05) is 29.8 Å². The average molecular weight is 611 g/mol. The van der Waals surface area contributed by atoms with Gasteiger partial charge in [0.1, 0.15) is 23.0 Å². The zero-order valence-corrected chi connectivity index (χ0v) is 22.7. The Morgan fingerprint density at radius 3 is 1.50 bits per heavy atom. The third-order valence-electron chi connectivity index (χ3n) is 5.50. The summed E-state index contributed by atoms with van der Waals surface area (Å²) in [6, 6.07) is 12.4. The van der Waals surface area contributed by atoms with E-state index in [1.54, 1.807) is 30.3 Å². The van der Waals surface area contributed by atoms with E-state index in [0.29, 0.717) is 48.7 Å². The Bertz CT molecular complexity index is 1580. The molecule has 0 aliphatic rings. The first-order valence-electron chi connectivity index (χ1n) is 10.8. The minimum atomic E-state index is -6.09. The number of rotatable bonds is 5. The van der Waals surface area contributed by atoms with Crippen molar-refractivity contribution in [1.29, 1.82) is 0 Å². The number of hydrogen-bond donors (Lipinski definition) is 0. The van der Waals surface area contributed by atoms with E-state index in [2.05, 4.69) is 0 Å². The van der Waals surface area contributed by atoms with Gasteiger partial charge in [-0.1, -0.05) is 18.2 Å². The lowest BCUT2D eigenvalue weighted by atomic mass is 9.93. The second kappa shape index (κ2) is 11.5. The fourth-order valence-electron chi connectivity index (χ4n) is 3.80. The summed E-state index contributed by atoms with van der Waals surface area (Å²) in [6.07, 6.45) is -4.55. The summed E-state index contributed by atoms with van der Waals surface area (Å²) in [5.74, 6) is 1.88. The lowest BCUT2D eigenvalue weighted by Crippen LogP contribution is -2.21. The van der Waals surface area contributed by atoms with Crippen LogP contribution >= 0.6 is 11.3 Å². The maximum atomic E-state index is 14.0. The van der Waals surface area contributed by atoms with Crippen molar-refractivity contribution >= 4 is 41.6 Å². The molecule has 0 amide bonds. The van der Waals surface area contributed by atoms with Gasteiger partial charge in [-0.05, 0) is 11.6 Å². The molecule has 0 N–H and O–H groups in total. The first-order chi connectivity index (χ1) is 18.6. The zero-order chi connectivity index (χ0) is 30.0. The van der Waals surface area contributed by atoms with Crippen LogP contribution in [0.15, 0.2) is 48.5 Å². The van der Waals surface area contributed by atoms with Gasteiger partial charge in [-0.2, -0.15) is 26.3 Å². The first kappa shape index (κ1) is 31.0. The van der Waals surface area contributed by atoms with Gasteiger partial charge in [0.25, 0.3) is 0 Å². The van der Waals surface area contributed by atoms with E-state index in [1.807, 2.05) is 0 Å². The van der Waals surface area contributed by atoms with Gasteiger partial charge in [0.2, 0.25) is 20.7 Å². The number of benzene rings is 3. The van der Waals surface area contributed by atoms with Crippen LogP contribution in [0.25, 0.3) is 31.3 Å². The SMILES string of the molecule is COc1cc(OC)c2c(-c3ccccc3C(F)(F)F)c3c(OC)cc(OC)cc3[s+]c2c1.O=S(=O)([O-])C(F)(F)F. The van der Waals surface area contributed by atoms with E-state index < -0.39 is 27.4 Å². The molecule has 15 heteroatoms. The molecule has 4 rings (SSSR count). The molecule has 0 saturated carbocycles. The fraction of sp³-hybridized carbons (Fsp3) is 0.240. The number of halogens is 6. The van der Waals surface area contributed by atoms with Crippen LogP contribution in [-0.4, -0.2) is 46.9 Å². The Morgan fingerprint density at radius 2 is 1.15 bits per heavy atom. The number of fused-ring (bicyclic) bond motifs is 2. The minimum absolute atomic E-state index is 0.0368. The van der Waals surface area contributed by atoms with Crippen LogP contribution in [0.2, 0.25) is 0 Å². The first-order valence-corrected chi connectivity index (χ1v) is 13.1. The predicted octanol–water partition coefficient (Wildman–Crippen LogP) is 7.11. The highest BCUT2D eigenvalue weighted by Gasteiger charge is 2.37. The molecular formula is C25H20F6O7S2. The number of alkyl halides is 6. The molecule has 0 aliphatic carbocycles. The number of methoxy groups -OCH3 is 4. The van der Waals surface area contributed by atoms with Crippen LogP contribution in [0.4, 0.5) is 26.3 Å². The summed E-state index contributed by atoms with van der Waals surface area (Å²) in [5.41, 5.74) is -5.97. The van der Waals surface area contributed by atoms with Gasteiger partial charge in [-0.15, -0.1) is 0 Å². The average Bonchev–Trinajstić information content (AvgIpc) is 2.89. The summed E-state index contributed by atoms with van der Waals surface area (Å²) >= 11 is 1.39. The van der Waals surface area contributed by atoms with Crippen LogP contribution in [0.1, 0.15) is 5.56 Å². The molecule has 0 saturated heterocycles. The molecule has 40 heavy (non-hydrogen) atoms. The van der Waals surface area contributed by atoms with Crippen molar-refractivity contribution < 1.29 is 58.3 Å². The van der Waals surface area contributed by atoms with E-state index >= 15 is 0 Å². The van der Waals surface area contributed by atoms with Crippen molar-refractivity contribution in [2.75, 3.05) is 28.4 Å². The zero-order valence-electron chi connectivity index (χ0n) is 21.1. The Balaban J connectivity index is 0.000000482. The highest BCUT2D eigenvalue weighted by molar-refractivity contribution is 7.86. The van der Waals surface area contributed by atoms with Gasteiger partial charge in [-0.3, -0.25) is 0 Å². The largest absolute Gasteiger partial charge is 0.741 e. The molecule has 7 nitrogen and oxygen atoms in total. The molecule has 216 valence electrons. The van der Waals surface area contributed by atoms with Crippen LogP contribution < -0.4 is 18.9 Å². The van der Waals surface area contributed by atoms with Crippen molar-refractivity contribution in [3.63, 3.8) is 0 Å². The molecule has 0 unspecified atom stereocenters. The highest BCUT2D eigenvalue weighted by atomic mass is 32.2. The maximum Gasteiger partial charge on any atom is 0.485 e. The summed E-state index contributed by atoms with van der Waals surface area (Å²) in [4.78, 5) is 0. The van der Waals surface area contributed by atoms with Crippen molar-refractivity contribution in [3.05, 3.63) is 54.1 Å². The monoisotopic (exact) mass is 610 g/mol. The van der Waals surface area contributed by atoms with Gasteiger partial charge < -0.3 is 23.5 Å². The third-order valence-corrected chi connectivity index (χ3v) is 7.15. The molecule has 0 spiro atoms. The summed E-state index contributed by atoms with van der Waals surface area (Å²) in [7, 11) is -0.0783. The van der Waals surface area contributed by atoms with Gasteiger partial charge >= 0.3 is 11.7 Å². The van der Waals surface area contributed by atoms with Crippen molar-refractivity contribution in [2.45, 2.75) is 11.7 Å². The highest BCUT2D eigenvalue weighted by Crippen LogP contribution is 2.51. The summed E-state index contributed by atoms with van der Waals surface area (Å²) in [6.45, 7) is 0. The van der Waals surface area contributed by atoms with E-state index in [9.17, 15) is 26.3 Å². The lowest BCUT2D eigenvalue weighted by Gasteiger charge is -2.17. The molecule has 3 aromatic carbocycles. The van der Waals surface area contributed by atoms with Crippen molar-refractivity contribution in [2.24, 2.45) is 0 Å². The molecule has 1 aromatic heterocycles. The Kier molecular flexibility index (Phi) is 8.91. The standard InChI is InChI=1S/C24H20F3O4S.CHF3O3S/c1-28-13-9-17(30-3)22-19(11-13)32-20-12-14(29-2)10-18(31-4)23(20)21(22)15-7-5-6-8-16(15)24(25,26)27;2-1(3,4)8(5,6)7/h5-12H,1-4H3;(H,5,6,7)/q+1;/p-1. The third kappa shape index (κ3) is 6.26. The Morgan fingerprint density at radius 1 is 0.725 bits per heavy atom. The Hall–Kier alpha value is -3.56. The summed E-state index contributed by atoms with van der Waals surface area (Å²) in [5, 5.41) is 1.09. The van der Waals surface area contributed by atoms with E-state index in [4.69, 9.17) is 31.9 Å². The second-order valence-corrected chi connectivity index (χ2v) is 10.3. The quantitative estimate of drug-likeness (QED) is 0.0782. The van der Waals surface area contributed by atoms with Gasteiger partial charge in [0.05, 0.1) is 44.8 Å². The summed E-state index contributed by atoms with van der Waals surface area (Å²) < 4.78 is 124. The molecule has 0 fully saturated rings. The number of hydrogen-bond acceptors (Lipinski definition) is 7. The number of ether oxygens (including phenoxy) is 4. The smallest absolute Gasteiger partial charge is 0.485 e. The van der Waals surface area contributed by atoms with Gasteiger partial charge in [-0.25, -0.2) is 8.42 Å². The van der Waals surface area contributed by atoms with Crippen molar-refractivity contribution in [3.8, 4) is 34.1 Å². The van der Waals surface area contributed by atoms with Gasteiger partial charge in [0.15, 0.2) is 10.1 Å². The molecule has 0 radical (unpaired) electrons. The molecule has 1 heterocycles. The second-order valence-electron chi connectivity index (χ2n) is 7.83. The molecule has 0 atom stereocenters. The minimum Gasteiger partial charge on any atom is -0.741 e. The van der Waals surface area contributed by atoms with E-state index in [-0.39, 0.29) is 5.56 Å². The molecule has 0 bridgehead atoms. The molecule has 0 aliphatic heterocycles. The van der Waals surface area contributed by atoms with E-state index in [0.717, 1.165) is 6.07 Å². The topological polar surface area (TPSA) is 94.1 Å².